The number of imide groups is 1. The maximum atomic E-state index is 11.8. The number of halogens is 1. The molecule has 1 N–H and O–H groups in total. The predicted molar refractivity (Wildman–Crippen MR) is 62.6 cm³/mol. The molecule has 0 aliphatic carbocycles. The molecule has 92 valence electrons. The molecule has 0 atom stereocenters. The van der Waals surface area contributed by atoms with Crippen molar-refractivity contribution in [1.82, 2.24) is 15.1 Å². The number of piperidine rings is 1. The van der Waals surface area contributed by atoms with Crippen LogP contribution in [0.5, 0.6) is 0 Å². The second-order valence-corrected chi connectivity index (χ2v) is 4.16. The van der Waals surface area contributed by atoms with Crippen molar-refractivity contribution in [3.05, 3.63) is 0 Å². The van der Waals surface area contributed by atoms with E-state index in [4.69, 9.17) is 0 Å². The highest BCUT2D eigenvalue weighted by Crippen LogP contribution is 2.18. The summed E-state index contributed by atoms with van der Waals surface area (Å²) in [4.78, 5) is 26.2. The lowest BCUT2D eigenvalue weighted by atomic mass is 10.0. The van der Waals surface area contributed by atoms with Crippen molar-refractivity contribution in [3.8, 4) is 0 Å². The van der Waals surface area contributed by atoms with Gasteiger partial charge in [-0.15, -0.1) is 12.4 Å². The fourth-order valence-electron chi connectivity index (χ4n) is 2.24. The first-order valence-electron chi connectivity index (χ1n) is 5.48. The summed E-state index contributed by atoms with van der Waals surface area (Å²) in [7, 11) is 1.57. The molecule has 2 saturated heterocycles. The second-order valence-electron chi connectivity index (χ2n) is 4.16. The van der Waals surface area contributed by atoms with E-state index < -0.39 is 0 Å². The lowest BCUT2D eigenvalue weighted by Crippen LogP contribution is -2.56. The van der Waals surface area contributed by atoms with Crippen molar-refractivity contribution < 1.29 is 9.59 Å². The molecule has 16 heavy (non-hydrogen) atoms. The summed E-state index contributed by atoms with van der Waals surface area (Å²) in [6, 6.07) is 0.187. The number of rotatable bonds is 1. The Hall–Kier alpha value is -0.810. The second kappa shape index (κ2) is 5.50. The van der Waals surface area contributed by atoms with E-state index in [0.717, 1.165) is 25.9 Å². The Balaban J connectivity index is 0.00000128. The summed E-state index contributed by atoms with van der Waals surface area (Å²) < 4.78 is 0. The van der Waals surface area contributed by atoms with E-state index in [1.165, 1.54) is 4.90 Å². The quantitative estimate of drug-likeness (QED) is 0.732. The van der Waals surface area contributed by atoms with Gasteiger partial charge in [0.25, 0.3) is 0 Å². The molecule has 2 aliphatic heterocycles. The molecule has 2 rings (SSSR count). The van der Waals surface area contributed by atoms with Gasteiger partial charge in [-0.3, -0.25) is 9.69 Å². The highest BCUT2D eigenvalue weighted by atomic mass is 35.5. The molecule has 0 unspecified atom stereocenters. The molecule has 2 fully saturated rings. The molecular weight excluding hydrogens is 230 g/mol. The monoisotopic (exact) mass is 247 g/mol. The highest BCUT2D eigenvalue weighted by molar-refractivity contribution is 5.96. The van der Waals surface area contributed by atoms with E-state index in [1.807, 2.05) is 4.90 Å². The van der Waals surface area contributed by atoms with Crippen LogP contribution in [0.15, 0.2) is 0 Å². The van der Waals surface area contributed by atoms with Crippen LogP contribution in [0.4, 0.5) is 4.79 Å². The van der Waals surface area contributed by atoms with Gasteiger partial charge < -0.3 is 10.2 Å². The fourth-order valence-corrected chi connectivity index (χ4v) is 2.24. The number of urea groups is 1. The maximum Gasteiger partial charge on any atom is 0.326 e. The summed E-state index contributed by atoms with van der Waals surface area (Å²) in [5, 5.41) is 3.27. The molecule has 2 aliphatic rings. The van der Waals surface area contributed by atoms with Crippen molar-refractivity contribution in [2.75, 3.05) is 26.7 Å². The number of carbonyl (C=O) groups excluding carboxylic acids is 2. The number of nitrogens with one attached hydrogen (secondary N) is 1. The molecule has 0 aromatic heterocycles. The maximum absolute atomic E-state index is 11.8. The van der Waals surface area contributed by atoms with Crippen LogP contribution in [0.25, 0.3) is 0 Å². The highest BCUT2D eigenvalue weighted by Gasteiger charge is 2.33. The minimum absolute atomic E-state index is 0. The van der Waals surface area contributed by atoms with Crippen molar-refractivity contribution in [3.63, 3.8) is 0 Å². The zero-order valence-electron chi connectivity index (χ0n) is 9.44. The van der Waals surface area contributed by atoms with E-state index in [0.29, 0.717) is 19.0 Å². The largest absolute Gasteiger partial charge is 0.326 e. The molecule has 3 amide bonds. The molecule has 6 heteroatoms. The van der Waals surface area contributed by atoms with E-state index in [2.05, 4.69) is 5.32 Å². The van der Waals surface area contributed by atoms with Crippen molar-refractivity contribution in [2.45, 2.75) is 25.3 Å². The molecule has 0 radical (unpaired) electrons. The van der Waals surface area contributed by atoms with Gasteiger partial charge >= 0.3 is 6.03 Å². The topological polar surface area (TPSA) is 52.7 Å². The predicted octanol–water partition coefficient (Wildman–Crippen LogP) is 0.444. The van der Waals surface area contributed by atoms with E-state index in [9.17, 15) is 9.59 Å². The molecule has 2 heterocycles. The number of hydrogen-bond donors (Lipinski definition) is 1. The molecular formula is C10H18ClN3O2. The van der Waals surface area contributed by atoms with Crippen molar-refractivity contribution >= 4 is 24.3 Å². The summed E-state index contributed by atoms with van der Waals surface area (Å²) in [6.07, 6.45) is 2.45. The summed E-state index contributed by atoms with van der Waals surface area (Å²) >= 11 is 0. The van der Waals surface area contributed by atoms with Crippen LogP contribution in [-0.4, -0.2) is 54.5 Å². The third-order valence-electron chi connectivity index (χ3n) is 3.22. The number of amides is 3. The fraction of sp³-hybridized carbons (Fsp3) is 0.800. The molecule has 0 aromatic rings. The third-order valence-corrected chi connectivity index (χ3v) is 3.22. The van der Waals surface area contributed by atoms with Crippen LogP contribution >= 0.6 is 12.4 Å². The van der Waals surface area contributed by atoms with Gasteiger partial charge in [-0.05, 0) is 25.9 Å². The first-order chi connectivity index (χ1) is 7.20. The number of hydrogen-bond acceptors (Lipinski definition) is 3. The first-order valence-corrected chi connectivity index (χ1v) is 5.48. The zero-order chi connectivity index (χ0) is 10.8. The van der Waals surface area contributed by atoms with E-state index in [1.54, 1.807) is 7.05 Å². The van der Waals surface area contributed by atoms with E-state index in [-0.39, 0.29) is 24.3 Å². The van der Waals surface area contributed by atoms with Crippen LogP contribution in [0.2, 0.25) is 0 Å². The Morgan fingerprint density at radius 3 is 2.50 bits per heavy atom. The van der Waals surface area contributed by atoms with E-state index >= 15 is 0 Å². The Bertz CT molecular complexity index is 279. The summed E-state index contributed by atoms with van der Waals surface area (Å²) in [6.45, 7) is 2.52. The summed E-state index contributed by atoms with van der Waals surface area (Å²) in [5.41, 5.74) is 0. The minimum atomic E-state index is -0.127. The molecule has 0 saturated carbocycles. The van der Waals surface area contributed by atoms with Crippen LogP contribution in [-0.2, 0) is 4.79 Å². The van der Waals surface area contributed by atoms with Crippen LogP contribution < -0.4 is 5.32 Å². The van der Waals surface area contributed by atoms with Crippen molar-refractivity contribution in [1.29, 1.82) is 0 Å². The first kappa shape index (κ1) is 13.3. The molecule has 0 aromatic carbocycles. The Morgan fingerprint density at radius 2 is 1.88 bits per heavy atom. The Labute approximate surface area is 102 Å². The van der Waals surface area contributed by atoms with Crippen molar-refractivity contribution in [2.24, 2.45) is 0 Å². The molecule has 0 spiro atoms. The van der Waals surface area contributed by atoms with Gasteiger partial charge in [0.05, 0.1) is 0 Å². The third kappa shape index (κ3) is 2.47. The van der Waals surface area contributed by atoms with Gasteiger partial charge in [-0.1, -0.05) is 0 Å². The minimum Gasteiger partial charge on any atom is -0.321 e. The standard InChI is InChI=1S/C10H17N3O2.ClH/c1-12-9(14)4-7-13(10(12)15)8-2-5-11-6-3-8;/h8,11H,2-7H2,1H3;1H. The average Bonchev–Trinajstić information content (AvgIpc) is 2.27. The van der Waals surface area contributed by atoms with Crippen LogP contribution in [0, 0.1) is 0 Å². The van der Waals surface area contributed by atoms with Gasteiger partial charge in [0.1, 0.15) is 0 Å². The van der Waals surface area contributed by atoms with Gasteiger partial charge in [0.2, 0.25) is 5.91 Å². The molecule has 5 nitrogen and oxygen atoms in total. The smallest absolute Gasteiger partial charge is 0.321 e. The van der Waals surface area contributed by atoms with Gasteiger partial charge in [0, 0.05) is 26.1 Å². The van der Waals surface area contributed by atoms with Gasteiger partial charge in [0.15, 0.2) is 0 Å². The van der Waals surface area contributed by atoms with Gasteiger partial charge in [-0.2, -0.15) is 0 Å². The Kier molecular flexibility index (Phi) is 4.56. The number of carbonyl (C=O) groups is 2. The zero-order valence-corrected chi connectivity index (χ0v) is 10.3. The lowest BCUT2D eigenvalue weighted by Gasteiger charge is -2.39. The SMILES string of the molecule is CN1C(=O)CCN(C2CCNCC2)C1=O.Cl. The van der Waals surface area contributed by atoms with Gasteiger partial charge in [-0.25, -0.2) is 4.79 Å². The van der Waals surface area contributed by atoms with Crippen LogP contribution in [0.1, 0.15) is 19.3 Å². The summed E-state index contributed by atoms with van der Waals surface area (Å²) in [5.74, 6) is -0.0646. The average molecular weight is 248 g/mol. The normalized spacial score (nSPS) is 23.3. The molecule has 0 bridgehead atoms. The lowest BCUT2D eigenvalue weighted by molar-refractivity contribution is -0.130. The van der Waals surface area contributed by atoms with Crippen LogP contribution in [0.3, 0.4) is 0 Å². The Morgan fingerprint density at radius 1 is 1.25 bits per heavy atom. The number of nitrogens with zero attached hydrogens (tertiary/aromatic N) is 2.